The van der Waals surface area contributed by atoms with Crippen molar-refractivity contribution in [2.75, 3.05) is 4.90 Å². The molecular formula is C17H13N5O2. The molecule has 3 aromatic heterocycles. The minimum atomic E-state index is -0.702. The molecule has 0 atom stereocenters. The molecule has 2 N–H and O–H groups in total. The average molecular weight is 319 g/mol. The minimum Gasteiger partial charge on any atom is -0.364 e. The van der Waals surface area contributed by atoms with E-state index >= 15 is 0 Å². The van der Waals surface area contributed by atoms with E-state index in [2.05, 4.69) is 15.0 Å². The van der Waals surface area contributed by atoms with Crippen molar-refractivity contribution < 1.29 is 9.59 Å². The van der Waals surface area contributed by atoms with Crippen LogP contribution in [0.3, 0.4) is 0 Å². The summed E-state index contributed by atoms with van der Waals surface area (Å²) in [5.41, 5.74) is 5.32. The van der Waals surface area contributed by atoms with Gasteiger partial charge >= 0.3 is 0 Å². The fourth-order valence-corrected chi connectivity index (χ4v) is 2.10. The number of aromatic nitrogens is 3. The zero-order chi connectivity index (χ0) is 16.9. The van der Waals surface area contributed by atoms with E-state index < -0.39 is 11.8 Å². The SMILES string of the molecule is NC(=O)c1cccc(C(=O)N(c2ccccn2)c2ccccn2)n1. The molecule has 3 rings (SSSR count). The summed E-state index contributed by atoms with van der Waals surface area (Å²) in [7, 11) is 0. The summed E-state index contributed by atoms with van der Waals surface area (Å²) >= 11 is 0. The Morgan fingerprint density at radius 3 is 1.88 bits per heavy atom. The number of primary amides is 1. The Labute approximate surface area is 137 Å². The summed E-state index contributed by atoms with van der Waals surface area (Å²) in [5, 5.41) is 0. The lowest BCUT2D eigenvalue weighted by Gasteiger charge is -2.20. The molecule has 0 radical (unpaired) electrons. The fourth-order valence-electron chi connectivity index (χ4n) is 2.10. The fraction of sp³-hybridized carbons (Fsp3) is 0. The number of carbonyl (C=O) groups excluding carboxylic acids is 2. The molecule has 0 bridgehead atoms. The predicted molar refractivity (Wildman–Crippen MR) is 87.7 cm³/mol. The quantitative estimate of drug-likeness (QED) is 0.792. The molecule has 0 unspecified atom stereocenters. The van der Waals surface area contributed by atoms with E-state index in [0.29, 0.717) is 11.6 Å². The molecule has 2 amide bonds. The van der Waals surface area contributed by atoms with Crippen LogP contribution in [0.1, 0.15) is 21.0 Å². The van der Waals surface area contributed by atoms with Crippen LogP contribution in [-0.4, -0.2) is 26.8 Å². The molecule has 3 aromatic rings. The Kier molecular flexibility index (Phi) is 4.24. The number of rotatable bonds is 4. The van der Waals surface area contributed by atoms with Crippen molar-refractivity contribution in [1.82, 2.24) is 15.0 Å². The molecule has 118 valence electrons. The Hall–Kier alpha value is -3.61. The first-order valence-electron chi connectivity index (χ1n) is 7.10. The number of nitrogens with two attached hydrogens (primary N) is 1. The highest BCUT2D eigenvalue weighted by Crippen LogP contribution is 2.23. The molecule has 0 aliphatic heterocycles. The first-order valence-corrected chi connectivity index (χ1v) is 7.10. The van der Waals surface area contributed by atoms with E-state index in [9.17, 15) is 9.59 Å². The van der Waals surface area contributed by atoms with Crippen LogP contribution in [0.15, 0.2) is 67.0 Å². The summed E-state index contributed by atoms with van der Waals surface area (Å²) in [5.74, 6) is -0.373. The van der Waals surface area contributed by atoms with Crippen molar-refractivity contribution in [1.29, 1.82) is 0 Å². The second-order valence-electron chi connectivity index (χ2n) is 4.79. The summed E-state index contributed by atoms with van der Waals surface area (Å²) in [6, 6.07) is 14.9. The van der Waals surface area contributed by atoms with Gasteiger partial charge in [0.1, 0.15) is 23.0 Å². The van der Waals surface area contributed by atoms with E-state index in [1.54, 1.807) is 54.9 Å². The van der Waals surface area contributed by atoms with E-state index in [4.69, 9.17) is 5.73 Å². The zero-order valence-corrected chi connectivity index (χ0v) is 12.5. The zero-order valence-electron chi connectivity index (χ0n) is 12.5. The maximum Gasteiger partial charge on any atom is 0.283 e. The van der Waals surface area contributed by atoms with Gasteiger partial charge in [0.05, 0.1) is 0 Å². The van der Waals surface area contributed by atoms with E-state index in [-0.39, 0.29) is 11.4 Å². The lowest BCUT2D eigenvalue weighted by Crippen LogP contribution is -2.29. The third-order valence-corrected chi connectivity index (χ3v) is 3.18. The van der Waals surface area contributed by atoms with Gasteiger partial charge in [-0.2, -0.15) is 0 Å². The number of carbonyl (C=O) groups is 2. The van der Waals surface area contributed by atoms with Gasteiger partial charge in [-0.15, -0.1) is 0 Å². The Balaban J connectivity index is 2.08. The van der Waals surface area contributed by atoms with Crippen LogP contribution < -0.4 is 10.6 Å². The number of anilines is 2. The highest BCUT2D eigenvalue weighted by Gasteiger charge is 2.23. The monoisotopic (exact) mass is 319 g/mol. The molecule has 0 fully saturated rings. The first-order chi connectivity index (χ1) is 11.7. The topological polar surface area (TPSA) is 102 Å². The second kappa shape index (κ2) is 6.66. The Bertz CT molecular complexity index is 829. The molecule has 7 nitrogen and oxygen atoms in total. The van der Waals surface area contributed by atoms with Gasteiger partial charge in [-0.1, -0.05) is 18.2 Å². The van der Waals surface area contributed by atoms with Gasteiger partial charge in [0.25, 0.3) is 11.8 Å². The first kappa shape index (κ1) is 15.3. The highest BCUT2D eigenvalue weighted by molar-refractivity contribution is 6.09. The predicted octanol–water partition coefficient (Wildman–Crippen LogP) is 1.95. The number of hydrogen-bond acceptors (Lipinski definition) is 5. The summed E-state index contributed by atoms with van der Waals surface area (Å²) in [4.78, 5) is 38.0. The molecule has 0 spiro atoms. The van der Waals surface area contributed by atoms with Crippen LogP contribution >= 0.6 is 0 Å². The van der Waals surface area contributed by atoms with Gasteiger partial charge in [0, 0.05) is 12.4 Å². The average Bonchev–Trinajstić information content (AvgIpc) is 2.64. The van der Waals surface area contributed by atoms with Gasteiger partial charge in [-0.05, 0) is 36.4 Å². The van der Waals surface area contributed by atoms with Crippen molar-refractivity contribution in [3.63, 3.8) is 0 Å². The van der Waals surface area contributed by atoms with Gasteiger partial charge < -0.3 is 5.73 Å². The number of pyridine rings is 3. The molecule has 0 saturated carbocycles. The molecular weight excluding hydrogens is 306 g/mol. The number of nitrogens with zero attached hydrogens (tertiary/aromatic N) is 4. The molecule has 24 heavy (non-hydrogen) atoms. The molecule has 0 aromatic carbocycles. The maximum absolute atomic E-state index is 13.0. The largest absolute Gasteiger partial charge is 0.364 e. The van der Waals surface area contributed by atoms with E-state index in [1.807, 2.05) is 0 Å². The van der Waals surface area contributed by atoms with Crippen molar-refractivity contribution in [3.8, 4) is 0 Å². The summed E-state index contributed by atoms with van der Waals surface area (Å²) in [6.07, 6.45) is 3.15. The van der Waals surface area contributed by atoms with Crippen molar-refractivity contribution in [3.05, 3.63) is 78.4 Å². The van der Waals surface area contributed by atoms with Crippen LogP contribution in [0.4, 0.5) is 11.6 Å². The van der Waals surface area contributed by atoms with Crippen molar-refractivity contribution >= 4 is 23.5 Å². The molecule has 3 heterocycles. The van der Waals surface area contributed by atoms with Crippen LogP contribution in [0.25, 0.3) is 0 Å². The third kappa shape index (κ3) is 3.09. The lowest BCUT2D eigenvalue weighted by atomic mass is 10.2. The number of hydrogen-bond donors (Lipinski definition) is 1. The second-order valence-corrected chi connectivity index (χ2v) is 4.79. The molecule has 7 heteroatoms. The highest BCUT2D eigenvalue weighted by atomic mass is 16.2. The van der Waals surface area contributed by atoms with Gasteiger partial charge in [0.2, 0.25) is 0 Å². The standard InChI is InChI=1S/C17H13N5O2/c18-16(23)12-6-5-7-13(21-12)17(24)22(14-8-1-3-10-19-14)15-9-2-4-11-20-15/h1-11H,(H2,18,23). The molecule has 0 saturated heterocycles. The van der Waals surface area contributed by atoms with Crippen molar-refractivity contribution in [2.24, 2.45) is 5.73 Å². The third-order valence-electron chi connectivity index (χ3n) is 3.18. The van der Waals surface area contributed by atoms with Gasteiger partial charge in [-0.3, -0.25) is 9.59 Å². The summed E-state index contributed by atoms with van der Waals surface area (Å²) in [6.45, 7) is 0. The van der Waals surface area contributed by atoms with Crippen LogP contribution in [0, 0.1) is 0 Å². The molecule has 0 aliphatic rings. The molecule has 0 aliphatic carbocycles. The normalized spacial score (nSPS) is 10.2. The lowest BCUT2D eigenvalue weighted by molar-refractivity contribution is 0.0990. The Morgan fingerprint density at radius 1 is 0.792 bits per heavy atom. The number of amides is 2. The van der Waals surface area contributed by atoms with E-state index in [0.717, 1.165) is 0 Å². The van der Waals surface area contributed by atoms with Gasteiger partial charge in [-0.25, -0.2) is 19.9 Å². The van der Waals surface area contributed by atoms with Crippen LogP contribution in [0.2, 0.25) is 0 Å². The van der Waals surface area contributed by atoms with Crippen molar-refractivity contribution in [2.45, 2.75) is 0 Å². The van der Waals surface area contributed by atoms with Crippen LogP contribution in [-0.2, 0) is 0 Å². The maximum atomic E-state index is 13.0. The summed E-state index contributed by atoms with van der Waals surface area (Å²) < 4.78 is 0. The van der Waals surface area contributed by atoms with Gasteiger partial charge in [0.15, 0.2) is 0 Å². The van der Waals surface area contributed by atoms with E-state index in [1.165, 1.54) is 17.0 Å². The Morgan fingerprint density at radius 2 is 1.38 bits per heavy atom. The minimum absolute atomic E-state index is 0.0165. The van der Waals surface area contributed by atoms with Crippen LogP contribution in [0.5, 0.6) is 0 Å². The smallest absolute Gasteiger partial charge is 0.283 e.